The van der Waals surface area contributed by atoms with Gasteiger partial charge in [0.25, 0.3) is 5.91 Å². The van der Waals surface area contributed by atoms with Gasteiger partial charge in [0.1, 0.15) is 23.0 Å². The fraction of sp³-hybridized carbons (Fsp3) is 0.333. The molecular formula is C21H20F2N4O2. The highest BCUT2D eigenvalue weighted by molar-refractivity contribution is 5.95. The van der Waals surface area contributed by atoms with Crippen molar-refractivity contribution in [1.29, 1.82) is 0 Å². The van der Waals surface area contributed by atoms with Crippen LogP contribution in [-0.4, -0.2) is 39.0 Å². The fourth-order valence-electron chi connectivity index (χ4n) is 3.86. The molecule has 0 N–H and O–H groups in total. The lowest BCUT2D eigenvalue weighted by Crippen LogP contribution is -2.30. The molecule has 1 aromatic carbocycles. The van der Waals surface area contributed by atoms with E-state index in [9.17, 15) is 13.6 Å². The first kappa shape index (κ1) is 19.2. The number of carbonyl (C=O) groups excluding carboxylic acids is 1. The van der Waals surface area contributed by atoms with Crippen molar-refractivity contribution in [2.24, 2.45) is 5.92 Å². The van der Waals surface area contributed by atoms with Gasteiger partial charge in [-0.1, -0.05) is 11.2 Å². The van der Waals surface area contributed by atoms with E-state index in [1.807, 2.05) is 13.8 Å². The molecule has 2 aromatic heterocycles. The topological polar surface area (TPSA) is 72.1 Å². The molecule has 4 rings (SSSR count). The van der Waals surface area contributed by atoms with Gasteiger partial charge in [-0.15, -0.1) is 0 Å². The summed E-state index contributed by atoms with van der Waals surface area (Å²) in [6.07, 6.45) is 4.57. The molecule has 0 radical (unpaired) electrons. The molecule has 0 unspecified atom stereocenters. The van der Waals surface area contributed by atoms with E-state index in [4.69, 9.17) is 4.52 Å². The summed E-state index contributed by atoms with van der Waals surface area (Å²) in [5, 5.41) is 3.98. The van der Waals surface area contributed by atoms with E-state index < -0.39 is 23.1 Å². The minimum atomic E-state index is -0.840. The van der Waals surface area contributed by atoms with Crippen LogP contribution in [-0.2, 0) is 6.42 Å². The third kappa shape index (κ3) is 3.62. The van der Waals surface area contributed by atoms with Gasteiger partial charge in [0, 0.05) is 25.5 Å². The Morgan fingerprint density at radius 1 is 1.21 bits per heavy atom. The number of hydrogen-bond acceptors (Lipinski definition) is 5. The molecule has 0 saturated carbocycles. The largest absolute Gasteiger partial charge is 0.361 e. The normalized spacial score (nSPS) is 16.4. The van der Waals surface area contributed by atoms with Crippen LogP contribution in [0.25, 0.3) is 11.3 Å². The molecule has 0 aliphatic carbocycles. The summed E-state index contributed by atoms with van der Waals surface area (Å²) in [7, 11) is 0. The fourth-order valence-corrected chi connectivity index (χ4v) is 3.86. The molecule has 1 fully saturated rings. The molecule has 3 heterocycles. The van der Waals surface area contributed by atoms with Crippen molar-refractivity contribution in [3.05, 3.63) is 64.9 Å². The van der Waals surface area contributed by atoms with Gasteiger partial charge in [0.05, 0.1) is 22.6 Å². The number of likely N-dealkylation sites (tertiary alicyclic amines) is 1. The van der Waals surface area contributed by atoms with E-state index in [1.54, 1.807) is 12.4 Å². The lowest BCUT2D eigenvalue weighted by molar-refractivity contribution is 0.0777. The molecule has 1 saturated heterocycles. The van der Waals surface area contributed by atoms with E-state index in [0.717, 1.165) is 35.5 Å². The second kappa shape index (κ2) is 7.69. The number of hydrogen-bond donors (Lipinski definition) is 0. The van der Waals surface area contributed by atoms with Gasteiger partial charge in [-0.25, -0.2) is 8.78 Å². The van der Waals surface area contributed by atoms with Gasteiger partial charge < -0.3 is 9.42 Å². The summed E-state index contributed by atoms with van der Waals surface area (Å²) in [6.45, 7) is 4.53. The molecule has 0 spiro atoms. The maximum Gasteiger partial charge on any atom is 0.259 e. The standard InChI is InChI=1S/C21H20F2N4O2/c1-12-18(13(2)29-26-12)20-17(24-7-8-25-20)10-14-6-9-27(11-14)21(28)19-15(22)4-3-5-16(19)23/h3-5,7-8,14H,6,9-11H2,1-2H3/t14-/m0/s1. The first-order valence-electron chi connectivity index (χ1n) is 9.42. The number of aromatic nitrogens is 3. The zero-order valence-corrected chi connectivity index (χ0v) is 16.2. The van der Waals surface area contributed by atoms with Gasteiger partial charge in [-0.3, -0.25) is 14.8 Å². The smallest absolute Gasteiger partial charge is 0.259 e. The minimum absolute atomic E-state index is 0.115. The number of rotatable bonds is 4. The second-order valence-electron chi connectivity index (χ2n) is 7.26. The lowest BCUT2D eigenvalue weighted by Gasteiger charge is -2.17. The number of aryl methyl sites for hydroxylation is 2. The Morgan fingerprint density at radius 3 is 2.62 bits per heavy atom. The summed E-state index contributed by atoms with van der Waals surface area (Å²) in [5.74, 6) is -1.51. The van der Waals surface area contributed by atoms with Crippen molar-refractivity contribution in [1.82, 2.24) is 20.0 Å². The van der Waals surface area contributed by atoms with Crippen LogP contribution in [0.5, 0.6) is 0 Å². The van der Waals surface area contributed by atoms with Crippen LogP contribution >= 0.6 is 0 Å². The first-order valence-corrected chi connectivity index (χ1v) is 9.42. The summed E-state index contributed by atoms with van der Waals surface area (Å²) in [5.41, 5.74) is 2.57. The number of nitrogens with zero attached hydrogens (tertiary/aromatic N) is 4. The third-order valence-electron chi connectivity index (χ3n) is 5.28. The maximum atomic E-state index is 14.0. The van der Waals surface area contributed by atoms with E-state index in [-0.39, 0.29) is 5.92 Å². The van der Waals surface area contributed by atoms with Crippen molar-refractivity contribution in [2.45, 2.75) is 26.7 Å². The monoisotopic (exact) mass is 398 g/mol. The van der Waals surface area contributed by atoms with E-state index in [1.165, 1.54) is 11.0 Å². The first-order chi connectivity index (χ1) is 14.0. The Kier molecular flexibility index (Phi) is 5.08. The molecule has 6 nitrogen and oxygen atoms in total. The van der Waals surface area contributed by atoms with Crippen LogP contribution in [0.1, 0.15) is 33.9 Å². The third-order valence-corrected chi connectivity index (χ3v) is 5.28. The molecule has 1 aliphatic rings. The lowest BCUT2D eigenvalue weighted by atomic mass is 9.98. The van der Waals surface area contributed by atoms with Crippen molar-refractivity contribution in [2.75, 3.05) is 13.1 Å². The van der Waals surface area contributed by atoms with Crippen LogP contribution in [0.15, 0.2) is 35.1 Å². The van der Waals surface area contributed by atoms with Crippen molar-refractivity contribution >= 4 is 5.91 Å². The predicted molar refractivity (Wildman–Crippen MR) is 101 cm³/mol. The maximum absolute atomic E-state index is 14.0. The number of carbonyl (C=O) groups is 1. The van der Waals surface area contributed by atoms with Gasteiger partial charge in [-0.05, 0) is 44.7 Å². The molecule has 1 atom stereocenters. The highest BCUT2D eigenvalue weighted by atomic mass is 19.1. The van der Waals surface area contributed by atoms with Crippen LogP contribution in [0.3, 0.4) is 0 Å². The van der Waals surface area contributed by atoms with Crippen LogP contribution < -0.4 is 0 Å². The molecule has 150 valence electrons. The van der Waals surface area contributed by atoms with E-state index in [2.05, 4.69) is 15.1 Å². The molecule has 0 bridgehead atoms. The SMILES string of the molecule is Cc1noc(C)c1-c1nccnc1C[C@@H]1CCN(C(=O)c2c(F)cccc2F)C1. The zero-order valence-electron chi connectivity index (χ0n) is 16.2. The number of amides is 1. The summed E-state index contributed by atoms with van der Waals surface area (Å²) >= 11 is 0. The van der Waals surface area contributed by atoms with E-state index in [0.29, 0.717) is 31.0 Å². The number of benzene rings is 1. The quantitative estimate of drug-likeness (QED) is 0.670. The van der Waals surface area contributed by atoms with Gasteiger partial charge >= 0.3 is 0 Å². The van der Waals surface area contributed by atoms with Gasteiger partial charge in [-0.2, -0.15) is 0 Å². The Morgan fingerprint density at radius 2 is 1.93 bits per heavy atom. The Labute approximate surface area is 166 Å². The minimum Gasteiger partial charge on any atom is -0.361 e. The Bertz CT molecular complexity index is 1030. The van der Waals surface area contributed by atoms with Crippen molar-refractivity contribution in [3.63, 3.8) is 0 Å². The van der Waals surface area contributed by atoms with Crippen molar-refractivity contribution in [3.8, 4) is 11.3 Å². The molecule has 29 heavy (non-hydrogen) atoms. The number of halogens is 2. The molecular weight excluding hydrogens is 378 g/mol. The van der Waals surface area contributed by atoms with Crippen molar-refractivity contribution < 1.29 is 18.1 Å². The Balaban J connectivity index is 1.53. The summed E-state index contributed by atoms with van der Waals surface area (Å²) < 4.78 is 33.2. The zero-order chi connectivity index (χ0) is 20.5. The van der Waals surface area contributed by atoms with E-state index >= 15 is 0 Å². The van der Waals surface area contributed by atoms with Crippen LogP contribution in [0.4, 0.5) is 8.78 Å². The predicted octanol–water partition coefficient (Wildman–Crippen LogP) is 3.73. The molecule has 3 aromatic rings. The summed E-state index contributed by atoms with van der Waals surface area (Å²) in [4.78, 5) is 23.1. The average Bonchev–Trinajstić information content (AvgIpc) is 3.29. The van der Waals surface area contributed by atoms with Gasteiger partial charge in [0.2, 0.25) is 0 Å². The van der Waals surface area contributed by atoms with Crippen LogP contribution in [0.2, 0.25) is 0 Å². The molecule has 8 heteroatoms. The summed E-state index contributed by atoms with van der Waals surface area (Å²) in [6, 6.07) is 3.44. The Hall–Kier alpha value is -3.16. The highest BCUT2D eigenvalue weighted by Crippen LogP contribution is 2.30. The van der Waals surface area contributed by atoms with Crippen LogP contribution in [0, 0.1) is 31.4 Å². The molecule has 1 aliphatic heterocycles. The average molecular weight is 398 g/mol. The second-order valence-corrected chi connectivity index (χ2v) is 7.26. The van der Waals surface area contributed by atoms with Gasteiger partial charge in [0.15, 0.2) is 0 Å². The molecule has 1 amide bonds. The highest BCUT2D eigenvalue weighted by Gasteiger charge is 2.31.